The van der Waals surface area contributed by atoms with Crippen LogP contribution in [0.25, 0.3) is 0 Å². The predicted molar refractivity (Wildman–Crippen MR) is 29.8 cm³/mol. The highest BCUT2D eigenvalue weighted by Gasteiger charge is 2.08. The summed E-state index contributed by atoms with van der Waals surface area (Å²) in [5, 5.41) is 8.22. The summed E-state index contributed by atoms with van der Waals surface area (Å²) in [5.41, 5.74) is 0. The van der Waals surface area contributed by atoms with Crippen molar-refractivity contribution in [3.63, 3.8) is 0 Å². The highest BCUT2D eigenvalue weighted by Crippen LogP contribution is 1.92. The van der Waals surface area contributed by atoms with Crippen molar-refractivity contribution < 1.29 is 14.7 Å². The number of hydrogen-bond donors (Lipinski definition) is 1. The van der Waals surface area contributed by atoms with Gasteiger partial charge in [-0.15, -0.1) is 0 Å². The minimum Gasteiger partial charge on any atom is -0.481 e. The van der Waals surface area contributed by atoms with Crippen LogP contribution in [0.3, 0.4) is 0 Å². The summed E-state index contributed by atoms with van der Waals surface area (Å²) < 4.78 is 0. The number of rotatable bonds is 3. The molecule has 1 N–H and O–H groups in total. The van der Waals surface area contributed by atoms with E-state index in [0.29, 0.717) is 0 Å². The van der Waals surface area contributed by atoms with Gasteiger partial charge in [-0.25, -0.2) is 9.79 Å². The van der Waals surface area contributed by atoms with E-state index in [4.69, 9.17) is 5.11 Å². The lowest BCUT2D eigenvalue weighted by Gasteiger charge is -1.96. The van der Waals surface area contributed by atoms with E-state index < -0.39 is 11.9 Å². The molecule has 0 radical (unpaired) electrons. The summed E-state index contributed by atoms with van der Waals surface area (Å²) in [6, 6.07) is 0. The number of hydrogen-bond acceptors (Lipinski definition) is 3. The number of carboxylic acids is 1. The van der Waals surface area contributed by atoms with Crippen molar-refractivity contribution in [2.45, 2.75) is 6.92 Å². The molecule has 0 aliphatic heterocycles. The van der Waals surface area contributed by atoms with Crippen LogP contribution in [0.5, 0.6) is 0 Å². The lowest BCUT2D eigenvalue weighted by molar-refractivity contribution is -0.140. The van der Waals surface area contributed by atoms with Gasteiger partial charge in [-0.05, 0) is 0 Å². The summed E-state index contributed by atoms with van der Waals surface area (Å²) >= 11 is 0. The number of carbonyl (C=O) groups excluding carboxylic acids is 1. The Morgan fingerprint density at radius 3 is 2.78 bits per heavy atom. The van der Waals surface area contributed by atoms with E-state index in [0.717, 1.165) is 0 Å². The Labute approximate surface area is 52.2 Å². The Morgan fingerprint density at radius 2 is 2.44 bits per heavy atom. The molecule has 4 nitrogen and oxygen atoms in total. The molecule has 0 aliphatic rings. The molecule has 0 bridgehead atoms. The maximum absolute atomic E-state index is 10.0. The van der Waals surface area contributed by atoms with E-state index >= 15 is 0 Å². The minimum atomic E-state index is -0.950. The molecule has 0 aromatic heterocycles. The van der Waals surface area contributed by atoms with E-state index in [2.05, 4.69) is 4.99 Å². The van der Waals surface area contributed by atoms with E-state index in [1.54, 1.807) is 0 Å². The number of isocyanates is 1. The standard InChI is InChI=1S/C5H7NO3/c1-4(5(8)9)2-6-3-7/h4H,2H2,1H3,(H,8,9). The zero-order valence-electron chi connectivity index (χ0n) is 5.00. The predicted octanol–water partition coefficient (Wildman–Crippen LogP) is 0.0429. The first-order valence-corrected chi connectivity index (χ1v) is 2.45. The number of aliphatic imine (C=N–C) groups is 1. The fourth-order valence-electron chi connectivity index (χ4n) is 0.252. The minimum absolute atomic E-state index is 0.0127. The van der Waals surface area contributed by atoms with Crippen molar-refractivity contribution in [2.75, 3.05) is 6.54 Å². The van der Waals surface area contributed by atoms with E-state index in [9.17, 15) is 9.59 Å². The molecule has 0 fully saturated rings. The van der Waals surface area contributed by atoms with Gasteiger partial charge >= 0.3 is 5.97 Å². The van der Waals surface area contributed by atoms with Gasteiger partial charge in [-0.2, -0.15) is 0 Å². The van der Waals surface area contributed by atoms with Crippen LogP contribution < -0.4 is 0 Å². The number of nitrogens with zero attached hydrogens (tertiary/aromatic N) is 1. The van der Waals surface area contributed by atoms with Gasteiger partial charge in [0.2, 0.25) is 6.08 Å². The van der Waals surface area contributed by atoms with Gasteiger partial charge in [0, 0.05) is 0 Å². The van der Waals surface area contributed by atoms with Crippen LogP contribution in [-0.2, 0) is 9.59 Å². The summed E-state index contributed by atoms with van der Waals surface area (Å²) in [6.45, 7) is 1.49. The fourth-order valence-corrected chi connectivity index (χ4v) is 0.252. The topological polar surface area (TPSA) is 66.7 Å². The Hall–Kier alpha value is -1.15. The number of carboxylic acid groups (broad SMARTS) is 1. The maximum atomic E-state index is 10.0. The zero-order chi connectivity index (χ0) is 7.28. The van der Waals surface area contributed by atoms with Gasteiger partial charge in [0.05, 0.1) is 12.5 Å². The Bertz CT molecular complexity index is 148. The molecule has 0 spiro atoms. The Morgan fingerprint density at radius 1 is 1.89 bits per heavy atom. The average Bonchev–Trinajstić information content (AvgIpc) is 1.82. The van der Waals surface area contributed by atoms with Crippen molar-refractivity contribution >= 4 is 12.0 Å². The highest BCUT2D eigenvalue weighted by molar-refractivity contribution is 5.69. The van der Waals surface area contributed by atoms with E-state index in [-0.39, 0.29) is 6.54 Å². The molecule has 0 aromatic carbocycles. The quantitative estimate of drug-likeness (QED) is 0.432. The first kappa shape index (κ1) is 7.85. The zero-order valence-corrected chi connectivity index (χ0v) is 5.00. The normalized spacial score (nSPS) is 11.7. The lowest BCUT2D eigenvalue weighted by Crippen LogP contribution is -2.12. The molecule has 0 aliphatic carbocycles. The van der Waals surface area contributed by atoms with Gasteiger partial charge in [0.1, 0.15) is 0 Å². The molecule has 1 atom stereocenters. The molecule has 0 saturated carbocycles. The van der Waals surface area contributed by atoms with Crippen LogP contribution in [0, 0.1) is 5.92 Å². The van der Waals surface area contributed by atoms with Crippen molar-refractivity contribution in [3.8, 4) is 0 Å². The summed E-state index contributed by atoms with van der Waals surface area (Å²) in [4.78, 5) is 22.6. The van der Waals surface area contributed by atoms with Crippen LogP contribution in [0.1, 0.15) is 6.92 Å². The van der Waals surface area contributed by atoms with Crippen molar-refractivity contribution in [1.82, 2.24) is 0 Å². The number of carbonyl (C=O) groups is 1. The molecule has 0 aromatic rings. The average molecular weight is 129 g/mol. The molecule has 0 amide bonds. The van der Waals surface area contributed by atoms with Gasteiger partial charge < -0.3 is 5.11 Å². The highest BCUT2D eigenvalue weighted by atomic mass is 16.4. The third kappa shape index (κ3) is 3.43. The lowest BCUT2D eigenvalue weighted by atomic mass is 10.2. The third-order valence-electron chi connectivity index (χ3n) is 0.851. The van der Waals surface area contributed by atoms with E-state index in [1.165, 1.54) is 13.0 Å². The second-order valence-electron chi connectivity index (χ2n) is 1.67. The first-order valence-electron chi connectivity index (χ1n) is 2.45. The van der Waals surface area contributed by atoms with Crippen LogP contribution in [0.2, 0.25) is 0 Å². The van der Waals surface area contributed by atoms with Crippen molar-refractivity contribution in [3.05, 3.63) is 0 Å². The monoisotopic (exact) mass is 129 g/mol. The summed E-state index contributed by atoms with van der Waals surface area (Å²) in [5.74, 6) is -1.54. The molecule has 50 valence electrons. The third-order valence-corrected chi connectivity index (χ3v) is 0.851. The van der Waals surface area contributed by atoms with Crippen molar-refractivity contribution in [1.29, 1.82) is 0 Å². The van der Waals surface area contributed by atoms with Crippen LogP contribution in [-0.4, -0.2) is 23.7 Å². The van der Waals surface area contributed by atoms with Crippen molar-refractivity contribution in [2.24, 2.45) is 10.9 Å². The summed E-state index contributed by atoms with van der Waals surface area (Å²) in [6.07, 6.45) is 1.27. The molecule has 1 unspecified atom stereocenters. The molecule has 0 heterocycles. The van der Waals surface area contributed by atoms with E-state index in [1.807, 2.05) is 0 Å². The fraction of sp³-hybridized carbons (Fsp3) is 0.600. The van der Waals surface area contributed by atoms with Gasteiger partial charge in [-0.1, -0.05) is 6.92 Å². The largest absolute Gasteiger partial charge is 0.481 e. The van der Waals surface area contributed by atoms with Gasteiger partial charge in [0.25, 0.3) is 0 Å². The molecule has 0 saturated heterocycles. The van der Waals surface area contributed by atoms with Crippen LogP contribution in [0.15, 0.2) is 4.99 Å². The molecular weight excluding hydrogens is 122 g/mol. The molecule has 4 heteroatoms. The Balaban J connectivity index is 3.63. The first-order chi connectivity index (χ1) is 4.18. The Kier molecular flexibility index (Phi) is 3.32. The summed E-state index contributed by atoms with van der Waals surface area (Å²) in [7, 11) is 0. The smallest absolute Gasteiger partial charge is 0.308 e. The second kappa shape index (κ2) is 3.80. The van der Waals surface area contributed by atoms with Gasteiger partial charge in [-0.3, -0.25) is 4.79 Å². The molecule has 0 rings (SSSR count). The maximum Gasteiger partial charge on any atom is 0.308 e. The molecular formula is C5H7NO3. The SMILES string of the molecule is CC(CN=C=O)C(=O)O. The second-order valence-corrected chi connectivity index (χ2v) is 1.67. The van der Waals surface area contributed by atoms with Crippen LogP contribution >= 0.6 is 0 Å². The number of aliphatic carboxylic acids is 1. The van der Waals surface area contributed by atoms with Gasteiger partial charge in [0.15, 0.2) is 0 Å². The molecule has 9 heavy (non-hydrogen) atoms. The van der Waals surface area contributed by atoms with Crippen LogP contribution in [0.4, 0.5) is 0 Å².